The topological polar surface area (TPSA) is 149 Å². The first-order chi connectivity index (χ1) is 15.2. The normalized spacial score (nSPS) is 13.5. The van der Waals surface area contributed by atoms with Crippen LogP contribution in [0.25, 0.3) is 0 Å². The largest absolute Gasteiger partial charge is 0.475 e. The fraction of sp³-hybridized carbons (Fsp3) is 0.864. The lowest BCUT2D eigenvalue weighted by Gasteiger charge is -2.24. The Labute approximate surface area is 194 Å². The monoisotopic (exact) mass is 455 g/mol. The van der Waals surface area contributed by atoms with Gasteiger partial charge < -0.3 is 31.7 Å². The molecule has 0 bridgehead atoms. The van der Waals surface area contributed by atoms with Gasteiger partial charge in [-0.05, 0) is 31.6 Å². The van der Waals surface area contributed by atoms with E-state index in [1.165, 1.54) is 25.7 Å². The summed E-state index contributed by atoms with van der Waals surface area (Å²) in [6.07, 6.45) is 9.59. The number of nitrogens with zero attached hydrogens (tertiary/aromatic N) is 1. The van der Waals surface area contributed by atoms with Crippen LogP contribution in [0.4, 0.5) is 0 Å². The Kier molecular flexibility index (Phi) is 17.7. The van der Waals surface area contributed by atoms with Crippen molar-refractivity contribution < 1.29 is 19.6 Å². The van der Waals surface area contributed by atoms with E-state index in [0.717, 1.165) is 19.3 Å². The zero-order chi connectivity index (χ0) is 24.4. The average molecular weight is 455 g/mol. The van der Waals surface area contributed by atoms with Gasteiger partial charge in [0.05, 0.1) is 5.94 Å². The molecule has 0 radical (unpaired) electrons. The fourth-order valence-electron chi connectivity index (χ4n) is 3.43. The molecule has 0 rings (SSSR count). The summed E-state index contributed by atoms with van der Waals surface area (Å²) in [5, 5.41) is 27.7. The minimum atomic E-state index is -1.66. The zero-order valence-corrected chi connectivity index (χ0v) is 20.5. The number of hydrogen-bond acceptors (Lipinski definition) is 5. The number of nitrogens with one attached hydrogen (secondary N) is 3. The molecule has 10 heteroatoms. The molecule has 0 heterocycles. The second-order valence-electron chi connectivity index (χ2n) is 8.83. The number of hydrogen-bond donors (Lipinski definition) is 6. The second-order valence-corrected chi connectivity index (χ2v) is 8.83. The van der Waals surface area contributed by atoms with Gasteiger partial charge in [-0.1, -0.05) is 59.3 Å². The van der Waals surface area contributed by atoms with Crippen molar-refractivity contribution >= 4 is 24.9 Å². The zero-order valence-electron chi connectivity index (χ0n) is 20.5. The molecule has 0 aliphatic carbocycles. The Morgan fingerprint density at radius 1 is 1.00 bits per heavy atom. The minimum absolute atomic E-state index is 0.161. The highest BCUT2D eigenvalue weighted by molar-refractivity contribution is 6.43. The van der Waals surface area contributed by atoms with Crippen LogP contribution in [-0.2, 0) is 9.59 Å². The first-order valence-electron chi connectivity index (χ1n) is 12.1. The Morgan fingerprint density at radius 3 is 2.19 bits per heavy atom. The summed E-state index contributed by atoms with van der Waals surface area (Å²) in [7, 11) is -0.0786. The molecule has 7 N–H and O–H groups in total. The summed E-state index contributed by atoms with van der Waals surface area (Å²) in [6, 6.07) is -0.748. The molecule has 186 valence electrons. The first-order valence-corrected chi connectivity index (χ1v) is 12.1. The summed E-state index contributed by atoms with van der Waals surface area (Å²) in [5.74, 6) is -0.867. The van der Waals surface area contributed by atoms with Crippen LogP contribution >= 0.6 is 0 Å². The van der Waals surface area contributed by atoms with Crippen molar-refractivity contribution in [2.24, 2.45) is 16.6 Å². The third-order valence-corrected chi connectivity index (χ3v) is 5.29. The molecule has 9 nitrogen and oxygen atoms in total. The van der Waals surface area contributed by atoms with Crippen LogP contribution in [0.3, 0.4) is 0 Å². The van der Waals surface area contributed by atoms with Crippen LogP contribution in [0.2, 0.25) is 0 Å². The summed E-state index contributed by atoms with van der Waals surface area (Å²) < 4.78 is 0. The van der Waals surface area contributed by atoms with Gasteiger partial charge in [0.1, 0.15) is 6.04 Å². The number of rotatable bonds is 18. The van der Waals surface area contributed by atoms with E-state index in [-0.39, 0.29) is 11.8 Å². The Morgan fingerprint density at radius 2 is 1.62 bits per heavy atom. The van der Waals surface area contributed by atoms with Gasteiger partial charge in [0.15, 0.2) is 5.96 Å². The SMILES string of the molecule is CCCCCCCCCC(=O)N[C@@H](CCCNC(N)=NC)C(=O)N[C@@H](CC(C)C)B(O)O. The Bertz CT molecular complexity index is 546. The molecule has 0 saturated carbocycles. The van der Waals surface area contributed by atoms with Crippen LogP contribution in [0, 0.1) is 5.92 Å². The molecule has 0 aromatic heterocycles. The first kappa shape index (κ1) is 30.2. The summed E-state index contributed by atoms with van der Waals surface area (Å²) in [5.41, 5.74) is 5.62. The van der Waals surface area contributed by atoms with Crippen molar-refractivity contribution in [2.75, 3.05) is 13.6 Å². The highest BCUT2D eigenvalue weighted by Gasteiger charge is 2.29. The highest BCUT2D eigenvalue weighted by atomic mass is 16.4. The lowest BCUT2D eigenvalue weighted by atomic mass is 9.75. The van der Waals surface area contributed by atoms with Crippen molar-refractivity contribution in [2.45, 2.75) is 103 Å². The highest BCUT2D eigenvalue weighted by Crippen LogP contribution is 2.10. The Balaban J connectivity index is 4.72. The van der Waals surface area contributed by atoms with Gasteiger partial charge in [0.2, 0.25) is 11.8 Å². The molecule has 0 saturated heterocycles. The molecule has 0 spiro atoms. The van der Waals surface area contributed by atoms with Crippen LogP contribution in [0.5, 0.6) is 0 Å². The lowest BCUT2D eigenvalue weighted by Crippen LogP contribution is -2.54. The summed E-state index contributed by atoms with van der Waals surface area (Å²) in [6.45, 7) is 6.58. The molecule has 0 aliphatic heterocycles. The molecule has 0 fully saturated rings. The Hall–Kier alpha value is -1.81. The predicted molar refractivity (Wildman–Crippen MR) is 131 cm³/mol. The van der Waals surface area contributed by atoms with E-state index in [9.17, 15) is 19.6 Å². The standard InChI is InChI=1S/C22H46BN5O4/c1-5-6-7-8-9-10-11-14-20(29)27-18(13-12-15-26-22(24)25-4)21(30)28-19(23(31)32)16-17(2)3/h17-19,31-32H,5-16H2,1-4H3,(H,27,29)(H,28,30)(H3,24,25,26)/t18-,19-/m0/s1. The van der Waals surface area contributed by atoms with Gasteiger partial charge in [0, 0.05) is 20.0 Å². The van der Waals surface area contributed by atoms with Crippen molar-refractivity contribution in [1.82, 2.24) is 16.0 Å². The van der Waals surface area contributed by atoms with E-state index in [1.54, 1.807) is 7.05 Å². The maximum Gasteiger partial charge on any atom is 0.475 e. The van der Waals surface area contributed by atoms with E-state index in [0.29, 0.717) is 38.2 Å². The maximum atomic E-state index is 12.8. The lowest BCUT2D eigenvalue weighted by molar-refractivity contribution is -0.129. The number of unbranched alkanes of at least 4 members (excludes halogenated alkanes) is 6. The van der Waals surface area contributed by atoms with Crippen LogP contribution < -0.4 is 21.7 Å². The number of carbonyl (C=O) groups is 2. The van der Waals surface area contributed by atoms with Crippen LogP contribution in [-0.4, -0.2) is 60.5 Å². The van der Waals surface area contributed by atoms with Gasteiger partial charge in [0.25, 0.3) is 0 Å². The molecule has 0 aliphatic rings. The average Bonchev–Trinajstić information content (AvgIpc) is 2.73. The van der Waals surface area contributed by atoms with Crippen molar-refractivity contribution in [3.63, 3.8) is 0 Å². The van der Waals surface area contributed by atoms with E-state index >= 15 is 0 Å². The van der Waals surface area contributed by atoms with Crippen molar-refractivity contribution in [1.29, 1.82) is 0 Å². The van der Waals surface area contributed by atoms with Gasteiger partial charge in [-0.3, -0.25) is 14.6 Å². The molecule has 2 amide bonds. The fourth-order valence-corrected chi connectivity index (χ4v) is 3.43. The number of nitrogens with two attached hydrogens (primary N) is 1. The smallest absolute Gasteiger partial charge is 0.426 e. The van der Waals surface area contributed by atoms with E-state index in [4.69, 9.17) is 5.73 Å². The quantitative estimate of drug-likeness (QED) is 0.0798. The van der Waals surface area contributed by atoms with Crippen LogP contribution in [0.15, 0.2) is 4.99 Å². The van der Waals surface area contributed by atoms with Crippen molar-refractivity contribution in [3.8, 4) is 0 Å². The summed E-state index contributed by atoms with van der Waals surface area (Å²) >= 11 is 0. The molecular formula is C22H46BN5O4. The van der Waals surface area contributed by atoms with Gasteiger partial charge in [-0.25, -0.2) is 0 Å². The molecule has 32 heavy (non-hydrogen) atoms. The third-order valence-electron chi connectivity index (χ3n) is 5.29. The number of carbonyl (C=O) groups excluding carboxylic acids is 2. The van der Waals surface area contributed by atoms with Crippen LogP contribution in [0.1, 0.15) is 91.4 Å². The number of aliphatic imine (C=N–C) groups is 1. The van der Waals surface area contributed by atoms with Crippen molar-refractivity contribution in [3.05, 3.63) is 0 Å². The van der Waals surface area contributed by atoms with E-state index < -0.39 is 25.0 Å². The molecule has 0 unspecified atom stereocenters. The van der Waals surface area contributed by atoms with Gasteiger partial charge in [-0.2, -0.15) is 0 Å². The van der Waals surface area contributed by atoms with E-state index in [1.807, 2.05) is 13.8 Å². The van der Waals surface area contributed by atoms with Gasteiger partial charge >= 0.3 is 7.12 Å². The summed E-state index contributed by atoms with van der Waals surface area (Å²) in [4.78, 5) is 29.1. The number of guanidine groups is 1. The van der Waals surface area contributed by atoms with E-state index in [2.05, 4.69) is 27.9 Å². The molecule has 0 aromatic carbocycles. The van der Waals surface area contributed by atoms with Gasteiger partial charge in [-0.15, -0.1) is 0 Å². The molecular weight excluding hydrogens is 409 g/mol. The molecule has 0 aromatic rings. The predicted octanol–water partition coefficient (Wildman–Crippen LogP) is 1.47. The maximum absolute atomic E-state index is 12.8. The second kappa shape index (κ2) is 18.7. The molecule has 2 atom stereocenters. The minimum Gasteiger partial charge on any atom is -0.426 e. The number of amides is 2. The third kappa shape index (κ3) is 15.9.